The minimum atomic E-state index is 0.700. The van der Waals surface area contributed by atoms with E-state index in [0.29, 0.717) is 5.92 Å². The first-order valence-corrected chi connectivity index (χ1v) is 7.68. The van der Waals surface area contributed by atoms with Crippen LogP contribution in [0.1, 0.15) is 50.5 Å². The molecule has 0 unspecified atom stereocenters. The largest absolute Gasteiger partial charge is 0.370 e. The molecule has 1 aliphatic rings. The van der Waals surface area contributed by atoms with E-state index in [0.717, 1.165) is 36.1 Å². The lowest BCUT2D eigenvalue weighted by Gasteiger charge is -2.08. The number of anilines is 1. The third-order valence-electron chi connectivity index (χ3n) is 2.78. The second-order valence-electron chi connectivity index (χ2n) is 4.43. The Bertz CT molecular complexity index is 337. The van der Waals surface area contributed by atoms with Gasteiger partial charge in [-0.3, -0.25) is 0 Å². The standard InChI is InChI=1S/C13H21N3S/c1-3-7-14-12-8-11(10-5-6-10)15-13(16-12)9-17-4-2/h8,10H,3-7,9H2,1-2H3,(H,14,15,16). The molecule has 0 aliphatic heterocycles. The molecule has 1 N–H and O–H groups in total. The van der Waals surface area contributed by atoms with E-state index in [4.69, 9.17) is 0 Å². The lowest BCUT2D eigenvalue weighted by Crippen LogP contribution is -2.06. The van der Waals surface area contributed by atoms with Gasteiger partial charge in [0.05, 0.1) is 5.75 Å². The summed E-state index contributed by atoms with van der Waals surface area (Å²) >= 11 is 1.88. The topological polar surface area (TPSA) is 37.8 Å². The maximum Gasteiger partial charge on any atom is 0.140 e. The lowest BCUT2D eigenvalue weighted by atomic mass is 10.2. The van der Waals surface area contributed by atoms with Crippen LogP contribution in [0.5, 0.6) is 0 Å². The molecule has 1 saturated carbocycles. The number of rotatable bonds is 7. The molecule has 0 saturated heterocycles. The molecule has 1 fully saturated rings. The SMILES string of the molecule is CCCNc1cc(C2CC2)nc(CSCC)n1. The molecule has 4 heteroatoms. The van der Waals surface area contributed by atoms with Gasteiger partial charge >= 0.3 is 0 Å². The number of aromatic nitrogens is 2. The fourth-order valence-corrected chi connectivity index (χ4v) is 2.22. The molecule has 0 amide bonds. The van der Waals surface area contributed by atoms with Crippen LogP contribution in [-0.2, 0) is 5.75 Å². The Morgan fingerprint density at radius 3 is 2.82 bits per heavy atom. The van der Waals surface area contributed by atoms with Crippen LogP contribution in [0.25, 0.3) is 0 Å². The molecule has 0 aromatic carbocycles. The Balaban J connectivity index is 2.10. The molecule has 1 aromatic rings. The molecular formula is C13H21N3S. The third-order valence-corrected chi connectivity index (χ3v) is 3.65. The highest BCUT2D eigenvalue weighted by Gasteiger charge is 2.26. The van der Waals surface area contributed by atoms with Crippen LogP contribution in [0.4, 0.5) is 5.82 Å². The quantitative estimate of drug-likeness (QED) is 0.805. The van der Waals surface area contributed by atoms with Crippen LogP contribution in [0.3, 0.4) is 0 Å². The summed E-state index contributed by atoms with van der Waals surface area (Å²) in [4.78, 5) is 9.24. The smallest absolute Gasteiger partial charge is 0.140 e. The van der Waals surface area contributed by atoms with Crippen molar-refractivity contribution in [1.29, 1.82) is 0 Å². The third kappa shape index (κ3) is 3.87. The molecule has 0 bridgehead atoms. The van der Waals surface area contributed by atoms with Crippen molar-refractivity contribution in [3.05, 3.63) is 17.6 Å². The van der Waals surface area contributed by atoms with Gasteiger partial charge in [-0.2, -0.15) is 11.8 Å². The zero-order chi connectivity index (χ0) is 12.1. The molecular weight excluding hydrogens is 230 g/mol. The van der Waals surface area contributed by atoms with Crippen molar-refractivity contribution in [2.75, 3.05) is 17.6 Å². The summed E-state index contributed by atoms with van der Waals surface area (Å²) in [6, 6.07) is 2.13. The zero-order valence-electron chi connectivity index (χ0n) is 10.7. The van der Waals surface area contributed by atoms with E-state index in [2.05, 4.69) is 35.2 Å². The van der Waals surface area contributed by atoms with Gasteiger partial charge in [0.25, 0.3) is 0 Å². The van der Waals surface area contributed by atoms with Gasteiger partial charge in [-0.05, 0) is 25.0 Å². The van der Waals surface area contributed by atoms with Crippen LogP contribution in [0.15, 0.2) is 6.07 Å². The van der Waals surface area contributed by atoms with Gasteiger partial charge in [0.1, 0.15) is 11.6 Å². The highest BCUT2D eigenvalue weighted by molar-refractivity contribution is 7.98. The normalized spacial score (nSPS) is 14.9. The van der Waals surface area contributed by atoms with Crippen molar-refractivity contribution in [2.45, 2.75) is 44.8 Å². The van der Waals surface area contributed by atoms with Gasteiger partial charge in [0.15, 0.2) is 0 Å². The van der Waals surface area contributed by atoms with Crippen LogP contribution in [-0.4, -0.2) is 22.3 Å². The molecule has 0 radical (unpaired) electrons. The molecule has 2 rings (SSSR count). The van der Waals surface area contributed by atoms with Crippen molar-refractivity contribution in [3.8, 4) is 0 Å². The Kier molecular flexibility index (Phi) is 4.66. The minimum absolute atomic E-state index is 0.700. The number of nitrogens with one attached hydrogen (secondary N) is 1. The fourth-order valence-electron chi connectivity index (χ4n) is 1.71. The number of hydrogen-bond donors (Lipinski definition) is 1. The highest BCUT2D eigenvalue weighted by Crippen LogP contribution is 2.39. The highest BCUT2D eigenvalue weighted by atomic mass is 32.2. The number of thioether (sulfide) groups is 1. The Morgan fingerprint density at radius 2 is 2.18 bits per heavy atom. The molecule has 17 heavy (non-hydrogen) atoms. The van der Waals surface area contributed by atoms with Crippen LogP contribution < -0.4 is 5.32 Å². The second-order valence-corrected chi connectivity index (χ2v) is 5.71. The Morgan fingerprint density at radius 1 is 1.35 bits per heavy atom. The van der Waals surface area contributed by atoms with Gasteiger partial charge in [-0.25, -0.2) is 9.97 Å². The number of hydrogen-bond acceptors (Lipinski definition) is 4. The van der Waals surface area contributed by atoms with Gasteiger partial charge in [-0.15, -0.1) is 0 Å². The van der Waals surface area contributed by atoms with E-state index >= 15 is 0 Å². The van der Waals surface area contributed by atoms with Crippen LogP contribution in [0, 0.1) is 0 Å². The summed E-state index contributed by atoms with van der Waals surface area (Å²) < 4.78 is 0. The molecule has 1 aliphatic carbocycles. The average Bonchev–Trinajstić information content (AvgIpc) is 3.18. The van der Waals surface area contributed by atoms with Crippen molar-refractivity contribution >= 4 is 17.6 Å². The predicted octanol–water partition coefficient (Wildman–Crippen LogP) is 3.43. The summed E-state index contributed by atoms with van der Waals surface area (Å²) in [6.07, 6.45) is 3.72. The molecule has 0 atom stereocenters. The van der Waals surface area contributed by atoms with Crippen molar-refractivity contribution < 1.29 is 0 Å². The summed E-state index contributed by atoms with van der Waals surface area (Å²) in [5.41, 5.74) is 1.24. The van der Waals surface area contributed by atoms with E-state index in [-0.39, 0.29) is 0 Å². The first-order valence-electron chi connectivity index (χ1n) is 6.53. The predicted molar refractivity (Wildman–Crippen MR) is 74.6 cm³/mol. The van der Waals surface area contributed by atoms with E-state index in [1.165, 1.54) is 18.5 Å². The maximum absolute atomic E-state index is 4.67. The summed E-state index contributed by atoms with van der Waals surface area (Å²) in [7, 11) is 0. The van der Waals surface area contributed by atoms with E-state index in [9.17, 15) is 0 Å². The summed E-state index contributed by atoms with van der Waals surface area (Å²) in [6.45, 7) is 5.33. The zero-order valence-corrected chi connectivity index (χ0v) is 11.5. The summed E-state index contributed by atoms with van der Waals surface area (Å²) in [5.74, 6) is 4.74. The minimum Gasteiger partial charge on any atom is -0.370 e. The van der Waals surface area contributed by atoms with Crippen LogP contribution in [0.2, 0.25) is 0 Å². The van der Waals surface area contributed by atoms with Crippen molar-refractivity contribution in [1.82, 2.24) is 9.97 Å². The van der Waals surface area contributed by atoms with E-state index < -0.39 is 0 Å². The van der Waals surface area contributed by atoms with Crippen molar-refractivity contribution in [2.24, 2.45) is 0 Å². The molecule has 0 spiro atoms. The Hall–Kier alpha value is -0.770. The Labute approximate surface area is 108 Å². The average molecular weight is 251 g/mol. The lowest BCUT2D eigenvalue weighted by molar-refractivity contribution is 0.911. The molecule has 94 valence electrons. The van der Waals surface area contributed by atoms with Gasteiger partial charge in [0, 0.05) is 24.2 Å². The second kappa shape index (κ2) is 6.24. The van der Waals surface area contributed by atoms with Crippen LogP contribution >= 0.6 is 11.8 Å². The fraction of sp³-hybridized carbons (Fsp3) is 0.692. The maximum atomic E-state index is 4.67. The first-order chi connectivity index (χ1) is 8.33. The molecule has 3 nitrogen and oxygen atoms in total. The number of nitrogens with zero attached hydrogens (tertiary/aromatic N) is 2. The van der Waals surface area contributed by atoms with Gasteiger partial charge in [0.2, 0.25) is 0 Å². The molecule has 1 aromatic heterocycles. The van der Waals surface area contributed by atoms with Gasteiger partial charge < -0.3 is 5.32 Å². The van der Waals surface area contributed by atoms with E-state index in [1.54, 1.807) is 0 Å². The molecule has 1 heterocycles. The monoisotopic (exact) mass is 251 g/mol. The van der Waals surface area contributed by atoms with Gasteiger partial charge in [-0.1, -0.05) is 13.8 Å². The van der Waals surface area contributed by atoms with E-state index in [1.807, 2.05) is 11.8 Å². The first kappa shape index (κ1) is 12.7. The summed E-state index contributed by atoms with van der Waals surface area (Å²) in [5, 5.41) is 3.37. The van der Waals surface area contributed by atoms with Crippen molar-refractivity contribution in [3.63, 3.8) is 0 Å².